The Morgan fingerprint density at radius 3 is 1.77 bits per heavy atom. The van der Waals surface area contributed by atoms with Gasteiger partial charge in [0.15, 0.2) is 49.7 Å². The molecule has 62 heavy (non-hydrogen) atoms. The largest absolute Gasteiger partial charge is 0.479 e. The summed E-state index contributed by atoms with van der Waals surface area (Å²) in [6.45, 7) is -1.76. The van der Waals surface area contributed by atoms with E-state index in [1.807, 2.05) is 0 Å². The Hall–Kier alpha value is -1.98. The smallest absolute Gasteiger partial charge is 0.397 e. The molecule has 3 fully saturated rings. The Kier molecular flexibility index (Phi) is 19.3. The summed E-state index contributed by atoms with van der Waals surface area (Å²) in [5, 5.41) is 93.0. The zero-order valence-corrected chi connectivity index (χ0v) is 33.9. The molecule has 0 aliphatic carbocycles. The molecule has 20 atom stereocenters. The number of carbonyl (C=O) groups is 2. The zero-order chi connectivity index (χ0) is 47.4. The molecule has 0 saturated carbocycles. The van der Waals surface area contributed by atoms with Crippen molar-refractivity contribution >= 4 is 54.4 Å². The van der Waals surface area contributed by atoms with Crippen molar-refractivity contribution in [2.24, 2.45) is 5.73 Å². The molecule has 0 aromatic heterocycles. The molecule has 3 heterocycles. The summed E-state index contributed by atoms with van der Waals surface area (Å²) in [6, 6.07) is -2.09. The number of hydrogen-bond donors (Lipinski definition) is 15. The average Bonchev–Trinajstić information content (AvgIpc) is 3.12. The van der Waals surface area contributed by atoms with Gasteiger partial charge in [-0.3, -0.25) is 18.2 Å². The lowest BCUT2D eigenvalue weighted by molar-refractivity contribution is -0.362. The first-order valence-electron chi connectivity index (χ1n) is 16.6. The number of ether oxygens (including phenoxy) is 7. The summed E-state index contributed by atoms with van der Waals surface area (Å²) in [4.78, 5) is 24.1. The van der Waals surface area contributed by atoms with E-state index >= 15 is 0 Å². The first-order chi connectivity index (χ1) is 28.3. The Morgan fingerprint density at radius 2 is 1.26 bits per heavy atom. The van der Waals surface area contributed by atoms with E-state index in [9.17, 15) is 94.1 Å². The molecule has 0 aromatic carbocycles. The van der Waals surface area contributed by atoms with Crippen LogP contribution >= 0.6 is 0 Å². The van der Waals surface area contributed by atoms with Gasteiger partial charge in [-0.25, -0.2) is 26.3 Å². The molecule has 16 N–H and O–H groups in total. The molecule has 0 aromatic rings. The van der Waals surface area contributed by atoms with Gasteiger partial charge in [0.25, 0.3) is 0 Å². The summed E-state index contributed by atoms with van der Waals surface area (Å²) < 4.78 is 166. The van der Waals surface area contributed by atoms with E-state index in [4.69, 9.17) is 48.0 Å². The minimum absolute atomic E-state index is 0.958. The highest BCUT2D eigenvalue weighted by atomic mass is 32.3. The molecule has 18 unspecified atom stereocenters. The molecule has 0 spiro atoms. The van der Waals surface area contributed by atoms with E-state index < -0.39 is 184 Å². The predicted octanol–water partition coefficient (Wildman–Crippen LogP) is -9.79. The van der Waals surface area contributed by atoms with E-state index in [2.05, 4.69) is 12.5 Å². The van der Waals surface area contributed by atoms with Gasteiger partial charge in [-0.05, 0) is 6.92 Å². The number of aliphatic hydroxyl groups excluding tert-OH is 7. The number of aliphatic hydroxyl groups is 7. The Morgan fingerprint density at radius 1 is 0.726 bits per heavy atom. The van der Waals surface area contributed by atoms with Gasteiger partial charge in [-0.15, -0.1) is 0 Å². The van der Waals surface area contributed by atoms with Crippen LogP contribution in [0.15, 0.2) is 0 Å². The number of rotatable bonds is 22. The van der Waals surface area contributed by atoms with Gasteiger partial charge in [0.05, 0.1) is 25.4 Å². The monoisotopic (exact) mass is 998 g/mol. The van der Waals surface area contributed by atoms with Crippen LogP contribution in [-0.4, -0.2) is 236 Å². The number of nitrogens with one attached hydrogen (secondary N) is 1. The molecule has 38 heteroatoms. The lowest BCUT2D eigenvalue weighted by atomic mass is 9.95. The van der Waals surface area contributed by atoms with E-state index in [0.717, 1.165) is 6.92 Å². The average molecular weight is 999 g/mol. The Bertz CT molecular complexity index is 1880. The second-order valence-corrected chi connectivity index (χ2v) is 16.9. The lowest BCUT2D eigenvalue weighted by Gasteiger charge is -2.48. The van der Waals surface area contributed by atoms with Gasteiger partial charge in [-0.1, -0.05) is 0 Å². The third kappa shape index (κ3) is 15.3. The van der Waals surface area contributed by atoms with Crippen LogP contribution in [0.3, 0.4) is 0 Å². The van der Waals surface area contributed by atoms with Crippen LogP contribution in [0.25, 0.3) is 0 Å². The number of carboxylic acids is 2. The summed E-state index contributed by atoms with van der Waals surface area (Å²) in [6.07, 6.45) is -42.3. The summed E-state index contributed by atoms with van der Waals surface area (Å²) in [5.41, 5.74) is 6.02. The van der Waals surface area contributed by atoms with Crippen molar-refractivity contribution in [2.75, 3.05) is 13.2 Å². The highest BCUT2D eigenvalue weighted by molar-refractivity contribution is 7.81. The minimum atomic E-state index is -5.59. The first kappa shape index (κ1) is 54.4. The molecule has 3 rings (SSSR count). The standard InChI is InChI=1S/C24H42N2O32S4/c1-4(5(2-49-60(40,41)42)52-21(37)18(32)26-59(38)39)51-23-12(31)11(30)14(17(57-23)20(35)36)55-22-7(25)8(27)13(6(53-22)3-50-61(43,44)45)54-24-16(58-62(46,47)48)10(29)9(28)15(56-24)19(33)34/h4-18,21-24,26-32,37H,2-3,25H2,1H3,(H,33,34)(H,35,36)(H,38,39)(H,40,41,42)(H,43,44,45)(H,46,47,48)/t4-,5?,6?,7?,8?,9?,10?,11?,12?,13?,14?,15?,16?,17?,18-,21?,22?,23?,24?/m0/s1. The van der Waals surface area contributed by atoms with Gasteiger partial charge in [0.2, 0.25) is 11.3 Å². The van der Waals surface area contributed by atoms with Crippen LogP contribution in [0.5, 0.6) is 0 Å². The van der Waals surface area contributed by atoms with Crippen LogP contribution < -0.4 is 10.5 Å². The van der Waals surface area contributed by atoms with Gasteiger partial charge in [0, 0.05) is 0 Å². The molecule has 0 bridgehead atoms. The first-order valence-corrected chi connectivity index (χ1v) is 21.8. The van der Waals surface area contributed by atoms with Gasteiger partial charge in [-0.2, -0.15) is 30.0 Å². The topological polar surface area (TPSA) is 547 Å². The van der Waals surface area contributed by atoms with Crippen molar-refractivity contribution in [3.63, 3.8) is 0 Å². The SMILES string of the molecule is C[C@H](OC1OC(C(=O)O)C(OC2OC(COS(=O)(=O)O)C(OC3OC(C(=O)O)C(O)C(O)C3OS(=O)(=O)O)C(O)C2N)C(O)C1O)C(COS(=O)(=O)O)OC(O)[C@H](O)NS(=O)O. The fourth-order valence-corrected chi connectivity index (χ4v) is 7.09. The lowest BCUT2D eigenvalue weighted by Crippen LogP contribution is -2.69. The van der Waals surface area contributed by atoms with E-state index in [-0.39, 0.29) is 0 Å². The van der Waals surface area contributed by atoms with E-state index in [1.165, 1.54) is 4.72 Å². The fourth-order valence-electron chi connectivity index (χ4n) is 5.67. The molecule has 0 amide bonds. The van der Waals surface area contributed by atoms with E-state index in [1.54, 1.807) is 0 Å². The second kappa shape index (κ2) is 22.0. The van der Waals surface area contributed by atoms with Crippen LogP contribution in [-0.2, 0) is 97.8 Å². The molecule has 3 aliphatic heterocycles. The number of aliphatic carboxylic acids is 2. The predicted molar refractivity (Wildman–Crippen MR) is 182 cm³/mol. The van der Waals surface area contributed by atoms with Crippen molar-refractivity contribution < 1.29 is 149 Å². The highest BCUT2D eigenvalue weighted by Gasteiger charge is 2.56. The summed E-state index contributed by atoms with van der Waals surface area (Å²) in [7, 11) is -16.3. The molecule has 34 nitrogen and oxygen atoms in total. The van der Waals surface area contributed by atoms with Gasteiger partial charge < -0.3 is 84.9 Å². The summed E-state index contributed by atoms with van der Waals surface area (Å²) >= 11 is -2.95. The van der Waals surface area contributed by atoms with Crippen molar-refractivity contribution in [2.45, 2.75) is 124 Å². The normalized spacial score (nSPS) is 37.5. The number of carboxylic acid groups (broad SMARTS) is 2. The Labute approximate surface area is 350 Å². The third-order valence-electron chi connectivity index (χ3n) is 8.55. The second-order valence-electron chi connectivity index (χ2n) is 12.9. The molecule has 364 valence electrons. The van der Waals surface area contributed by atoms with Gasteiger partial charge in [0.1, 0.15) is 54.9 Å². The van der Waals surface area contributed by atoms with Crippen LogP contribution in [0.4, 0.5) is 0 Å². The molecule has 3 aliphatic rings. The van der Waals surface area contributed by atoms with Crippen molar-refractivity contribution in [1.82, 2.24) is 4.72 Å². The molecular formula is C24H42N2O32S4. The van der Waals surface area contributed by atoms with Crippen LogP contribution in [0.1, 0.15) is 6.92 Å². The fraction of sp³-hybridized carbons (Fsp3) is 0.917. The maximum Gasteiger partial charge on any atom is 0.397 e. The van der Waals surface area contributed by atoms with E-state index in [0.29, 0.717) is 0 Å². The van der Waals surface area contributed by atoms with Crippen molar-refractivity contribution in [1.29, 1.82) is 0 Å². The molecule has 0 radical (unpaired) electrons. The van der Waals surface area contributed by atoms with Crippen LogP contribution in [0.2, 0.25) is 0 Å². The van der Waals surface area contributed by atoms with Gasteiger partial charge >= 0.3 is 43.1 Å². The van der Waals surface area contributed by atoms with Crippen LogP contribution in [0, 0.1) is 0 Å². The maximum absolute atomic E-state index is 12.4. The Balaban J connectivity index is 1.89. The maximum atomic E-state index is 12.4. The van der Waals surface area contributed by atoms with Crippen molar-refractivity contribution in [3.8, 4) is 0 Å². The minimum Gasteiger partial charge on any atom is -0.479 e. The summed E-state index contributed by atoms with van der Waals surface area (Å²) in [5.74, 6) is -4.01. The third-order valence-corrected chi connectivity index (χ3v) is 10.3. The number of hydrogen-bond acceptors (Lipinski definition) is 27. The number of nitrogens with two attached hydrogens (primary N) is 1. The highest BCUT2D eigenvalue weighted by Crippen LogP contribution is 2.34. The quantitative estimate of drug-likeness (QED) is 0.0272. The van der Waals surface area contributed by atoms with Crippen molar-refractivity contribution in [3.05, 3.63) is 0 Å². The zero-order valence-electron chi connectivity index (χ0n) is 30.7. The molecular weight excluding hydrogens is 957 g/mol. The molecule has 3 saturated heterocycles.